The van der Waals surface area contributed by atoms with Crippen molar-refractivity contribution in [2.45, 2.75) is 25.2 Å². The predicted octanol–water partition coefficient (Wildman–Crippen LogP) is 4.89. The molecular formula is C19H21FNO4PS. The van der Waals surface area contributed by atoms with E-state index in [1.54, 1.807) is 56.3 Å². The summed E-state index contributed by atoms with van der Waals surface area (Å²) in [6.07, 6.45) is -1.03. The fourth-order valence-electron chi connectivity index (χ4n) is 3.29. The van der Waals surface area contributed by atoms with Gasteiger partial charge < -0.3 is 19.1 Å². The average molecular weight is 409 g/mol. The molecule has 0 aliphatic carbocycles. The lowest BCUT2D eigenvalue weighted by Gasteiger charge is -2.38. The van der Waals surface area contributed by atoms with E-state index < -0.39 is 24.8 Å². The van der Waals surface area contributed by atoms with Crippen molar-refractivity contribution in [2.24, 2.45) is 0 Å². The van der Waals surface area contributed by atoms with E-state index >= 15 is 0 Å². The van der Waals surface area contributed by atoms with Crippen molar-refractivity contribution in [1.82, 2.24) is 5.32 Å². The van der Waals surface area contributed by atoms with E-state index in [0.717, 1.165) is 0 Å². The second-order valence-electron chi connectivity index (χ2n) is 5.90. The standard InChI is InChI=1S/C19H21FNO4PS/c1-3-23-26(22,24-4-2)19(14-10-6-5-7-11-14)17(25-18(27)21-19)15-12-8-9-13-16(15)20/h5-13,17H,3-4H2,1-2H3,(H,21,27)/t17-,19-/m1/s1. The Kier molecular flexibility index (Phi) is 5.96. The third kappa shape index (κ3) is 3.41. The summed E-state index contributed by atoms with van der Waals surface area (Å²) >= 11 is 5.24. The average Bonchev–Trinajstić information content (AvgIpc) is 3.02. The van der Waals surface area contributed by atoms with Gasteiger partial charge in [-0.3, -0.25) is 4.57 Å². The number of rotatable bonds is 7. The fourth-order valence-corrected chi connectivity index (χ4v) is 5.96. The van der Waals surface area contributed by atoms with E-state index in [1.165, 1.54) is 6.07 Å². The van der Waals surface area contributed by atoms with Crippen molar-refractivity contribution >= 4 is 25.0 Å². The number of benzene rings is 2. The van der Waals surface area contributed by atoms with Gasteiger partial charge in [0, 0.05) is 5.56 Å². The Morgan fingerprint density at radius 1 is 1.11 bits per heavy atom. The van der Waals surface area contributed by atoms with Crippen molar-refractivity contribution in [3.63, 3.8) is 0 Å². The Morgan fingerprint density at radius 3 is 2.30 bits per heavy atom. The molecule has 2 atom stereocenters. The maximum absolute atomic E-state index is 14.7. The van der Waals surface area contributed by atoms with Gasteiger partial charge in [-0.2, -0.15) is 0 Å². The number of ether oxygens (including phenoxy) is 1. The topological polar surface area (TPSA) is 56.8 Å². The quantitative estimate of drug-likeness (QED) is 0.519. The lowest BCUT2D eigenvalue weighted by atomic mass is 9.95. The van der Waals surface area contributed by atoms with Crippen LogP contribution >= 0.6 is 19.8 Å². The van der Waals surface area contributed by atoms with Gasteiger partial charge in [-0.15, -0.1) is 0 Å². The van der Waals surface area contributed by atoms with E-state index in [2.05, 4.69) is 5.32 Å². The molecule has 27 heavy (non-hydrogen) atoms. The molecule has 0 amide bonds. The summed E-state index contributed by atoms with van der Waals surface area (Å²) in [5.41, 5.74) is 0.789. The molecule has 0 bridgehead atoms. The van der Waals surface area contributed by atoms with Crippen molar-refractivity contribution < 1.29 is 22.7 Å². The number of nitrogens with one attached hydrogen (secondary N) is 1. The van der Waals surface area contributed by atoms with Gasteiger partial charge in [0.15, 0.2) is 6.10 Å². The molecule has 5 nitrogen and oxygen atoms in total. The van der Waals surface area contributed by atoms with Crippen LogP contribution in [0.15, 0.2) is 54.6 Å². The predicted molar refractivity (Wildman–Crippen MR) is 105 cm³/mol. The van der Waals surface area contributed by atoms with E-state index in [-0.39, 0.29) is 24.0 Å². The summed E-state index contributed by atoms with van der Waals surface area (Å²) < 4.78 is 45.8. The first-order valence-electron chi connectivity index (χ1n) is 8.66. The third-order valence-electron chi connectivity index (χ3n) is 4.33. The van der Waals surface area contributed by atoms with Gasteiger partial charge in [-0.25, -0.2) is 4.39 Å². The Balaban J connectivity index is 2.30. The summed E-state index contributed by atoms with van der Waals surface area (Å²) in [4.78, 5) is 0. The second kappa shape index (κ2) is 8.07. The molecule has 144 valence electrons. The Bertz CT molecular complexity index is 856. The minimum absolute atomic E-state index is 0.00624. The zero-order valence-electron chi connectivity index (χ0n) is 15.1. The molecule has 1 fully saturated rings. The zero-order valence-corrected chi connectivity index (χ0v) is 16.8. The SMILES string of the molecule is CCOP(=O)(OCC)[C@@]1(c2ccccc2)NC(=S)O[C@@H]1c1ccccc1F. The zero-order chi connectivity index (χ0) is 19.5. The van der Waals surface area contributed by atoms with Crippen molar-refractivity contribution in [3.8, 4) is 0 Å². The summed E-state index contributed by atoms with van der Waals surface area (Å²) in [5, 5.41) is 1.49. The van der Waals surface area contributed by atoms with Crippen molar-refractivity contribution in [3.05, 3.63) is 71.5 Å². The molecule has 1 heterocycles. The van der Waals surface area contributed by atoms with Crippen LogP contribution in [-0.4, -0.2) is 18.4 Å². The minimum atomic E-state index is -3.89. The Labute approximate surface area is 163 Å². The second-order valence-corrected chi connectivity index (χ2v) is 8.48. The van der Waals surface area contributed by atoms with Gasteiger partial charge in [0.05, 0.1) is 13.2 Å². The molecular weight excluding hydrogens is 388 g/mol. The smallest absolute Gasteiger partial charge is 0.364 e. The van der Waals surface area contributed by atoms with Gasteiger partial charge >= 0.3 is 7.60 Å². The van der Waals surface area contributed by atoms with Crippen LogP contribution in [0.5, 0.6) is 0 Å². The van der Waals surface area contributed by atoms with Gasteiger partial charge in [0.25, 0.3) is 5.17 Å². The van der Waals surface area contributed by atoms with Crippen LogP contribution in [-0.2, 0) is 23.6 Å². The monoisotopic (exact) mass is 409 g/mol. The molecule has 1 aliphatic heterocycles. The van der Waals surface area contributed by atoms with Gasteiger partial charge in [0.1, 0.15) is 5.82 Å². The van der Waals surface area contributed by atoms with E-state index in [0.29, 0.717) is 5.56 Å². The highest BCUT2D eigenvalue weighted by molar-refractivity contribution is 7.80. The first-order valence-corrected chi connectivity index (χ1v) is 10.6. The normalized spacial score (nSPS) is 22.3. The molecule has 0 radical (unpaired) electrons. The fraction of sp³-hybridized carbons (Fsp3) is 0.316. The first-order chi connectivity index (χ1) is 13.0. The number of thiocarbonyl (C=S) groups is 1. The summed E-state index contributed by atoms with van der Waals surface area (Å²) in [5.74, 6) is -0.492. The molecule has 0 unspecified atom stereocenters. The molecule has 1 N–H and O–H groups in total. The number of halogens is 1. The van der Waals surface area contributed by atoms with Crippen LogP contribution in [0.3, 0.4) is 0 Å². The van der Waals surface area contributed by atoms with Crippen LogP contribution in [0.4, 0.5) is 4.39 Å². The molecule has 0 saturated carbocycles. The highest BCUT2D eigenvalue weighted by Gasteiger charge is 2.64. The number of hydrogen-bond donors (Lipinski definition) is 1. The Hall–Kier alpha value is -1.79. The molecule has 1 aliphatic rings. The van der Waals surface area contributed by atoms with Crippen LogP contribution < -0.4 is 5.32 Å². The van der Waals surface area contributed by atoms with Gasteiger partial charge in [-0.05, 0) is 37.7 Å². The molecule has 2 aromatic rings. The molecule has 2 aromatic carbocycles. The lowest BCUT2D eigenvalue weighted by molar-refractivity contribution is 0.134. The van der Waals surface area contributed by atoms with Crippen LogP contribution in [0.1, 0.15) is 31.1 Å². The molecule has 8 heteroatoms. The minimum Gasteiger partial charge on any atom is -0.459 e. The van der Waals surface area contributed by atoms with Crippen LogP contribution in [0.2, 0.25) is 0 Å². The van der Waals surface area contributed by atoms with E-state index in [9.17, 15) is 8.96 Å². The van der Waals surface area contributed by atoms with Crippen LogP contribution in [0.25, 0.3) is 0 Å². The third-order valence-corrected chi connectivity index (χ3v) is 7.19. The van der Waals surface area contributed by atoms with E-state index in [1.807, 2.05) is 6.07 Å². The summed E-state index contributed by atoms with van der Waals surface area (Å²) in [6.45, 7) is 3.72. The first kappa shape index (κ1) is 20.0. The molecule has 0 aromatic heterocycles. The molecule has 0 spiro atoms. The maximum atomic E-state index is 14.7. The lowest BCUT2D eigenvalue weighted by Crippen LogP contribution is -2.43. The van der Waals surface area contributed by atoms with E-state index in [4.69, 9.17) is 26.0 Å². The highest BCUT2D eigenvalue weighted by atomic mass is 32.1. The summed E-state index contributed by atoms with van der Waals surface area (Å²) in [6, 6.07) is 15.1. The largest absolute Gasteiger partial charge is 0.459 e. The van der Waals surface area contributed by atoms with Gasteiger partial charge in [-0.1, -0.05) is 48.5 Å². The number of hydrogen-bond acceptors (Lipinski definition) is 5. The van der Waals surface area contributed by atoms with Crippen LogP contribution in [0, 0.1) is 5.82 Å². The molecule has 3 rings (SSSR count). The summed E-state index contributed by atoms with van der Waals surface area (Å²) in [7, 11) is -3.89. The maximum Gasteiger partial charge on any atom is 0.364 e. The Morgan fingerprint density at radius 2 is 1.70 bits per heavy atom. The highest BCUT2D eigenvalue weighted by Crippen LogP contribution is 2.70. The van der Waals surface area contributed by atoms with Crippen molar-refractivity contribution in [1.29, 1.82) is 0 Å². The molecule has 1 saturated heterocycles. The van der Waals surface area contributed by atoms with Crippen molar-refractivity contribution in [2.75, 3.05) is 13.2 Å². The van der Waals surface area contributed by atoms with Gasteiger partial charge in [0.2, 0.25) is 5.28 Å².